The van der Waals surface area contributed by atoms with E-state index in [-0.39, 0.29) is 0 Å². The van der Waals surface area contributed by atoms with Crippen LogP contribution in [0.1, 0.15) is 29.9 Å². The first kappa shape index (κ1) is 13.7. The monoisotopic (exact) mass is 313 g/mol. The molecule has 0 aromatic heterocycles. The lowest BCUT2D eigenvalue weighted by Gasteiger charge is -2.26. The van der Waals surface area contributed by atoms with Crippen molar-refractivity contribution in [3.63, 3.8) is 0 Å². The van der Waals surface area contributed by atoms with Gasteiger partial charge in [-0.15, -0.1) is 0 Å². The number of methoxy groups -OCH3 is 2. The van der Waals surface area contributed by atoms with E-state index in [2.05, 4.69) is 27.3 Å². The molecule has 0 radical (unpaired) electrons. The van der Waals surface area contributed by atoms with E-state index in [1.54, 1.807) is 14.2 Å². The molecule has 1 N–H and O–H groups in total. The van der Waals surface area contributed by atoms with Crippen LogP contribution in [0.2, 0.25) is 0 Å². The summed E-state index contributed by atoms with van der Waals surface area (Å²) in [6.45, 7) is 4.18. The SMILES string of the molecule is COc1cc(C2CCNCC2)c(OC)c(Br)c1C. The highest BCUT2D eigenvalue weighted by molar-refractivity contribution is 9.10. The average molecular weight is 314 g/mol. The van der Waals surface area contributed by atoms with E-state index in [9.17, 15) is 0 Å². The van der Waals surface area contributed by atoms with Crippen molar-refractivity contribution >= 4 is 15.9 Å². The smallest absolute Gasteiger partial charge is 0.137 e. The zero-order valence-corrected chi connectivity index (χ0v) is 12.8. The topological polar surface area (TPSA) is 30.5 Å². The van der Waals surface area contributed by atoms with E-state index in [1.165, 1.54) is 5.56 Å². The van der Waals surface area contributed by atoms with Crippen LogP contribution >= 0.6 is 15.9 Å². The first-order valence-corrected chi connectivity index (χ1v) is 7.10. The Morgan fingerprint density at radius 3 is 2.44 bits per heavy atom. The molecule has 0 unspecified atom stereocenters. The van der Waals surface area contributed by atoms with Gasteiger partial charge in [-0.25, -0.2) is 0 Å². The second-order valence-electron chi connectivity index (χ2n) is 4.66. The molecule has 1 aromatic rings. The average Bonchev–Trinajstić information content (AvgIpc) is 2.42. The molecule has 1 heterocycles. The molecule has 0 amide bonds. The number of piperidine rings is 1. The zero-order chi connectivity index (χ0) is 13.1. The van der Waals surface area contributed by atoms with Crippen molar-refractivity contribution in [2.45, 2.75) is 25.7 Å². The lowest BCUT2D eigenvalue weighted by molar-refractivity contribution is 0.379. The summed E-state index contributed by atoms with van der Waals surface area (Å²) in [6.07, 6.45) is 2.30. The third kappa shape index (κ3) is 2.50. The maximum Gasteiger partial charge on any atom is 0.137 e. The quantitative estimate of drug-likeness (QED) is 0.929. The van der Waals surface area contributed by atoms with Crippen molar-refractivity contribution in [1.29, 1.82) is 0 Å². The number of hydrogen-bond acceptors (Lipinski definition) is 3. The van der Waals surface area contributed by atoms with Crippen molar-refractivity contribution < 1.29 is 9.47 Å². The molecule has 0 spiro atoms. The molecular weight excluding hydrogens is 294 g/mol. The van der Waals surface area contributed by atoms with Crippen LogP contribution in [-0.2, 0) is 0 Å². The third-order valence-corrected chi connectivity index (χ3v) is 4.60. The predicted molar refractivity (Wildman–Crippen MR) is 76.8 cm³/mol. The molecule has 0 aliphatic carbocycles. The highest BCUT2D eigenvalue weighted by atomic mass is 79.9. The first-order valence-electron chi connectivity index (χ1n) is 6.30. The molecule has 0 atom stereocenters. The number of ether oxygens (including phenoxy) is 2. The van der Waals surface area contributed by atoms with Gasteiger partial charge in [0.1, 0.15) is 11.5 Å². The normalized spacial score (nSPS) is 16.7. The maximum absolute atomic E-state index is 5.59. The second kappa shape index (κ2) is 5.93. The molecular formula is C14H20BrNO2. The van der Waals surface area contributed by atoms with Gasteiger partial charge < -0.3 is 14.8 Å². The van der Waals surface area contributed by atoms with Crippen molar-refractivity contribution in [2.75, 3.05) is 27.3 Å². The number of nitrogens with one attached hydrogen (secondary N) is 1. The van der Waals surface area contributed by atoms with Crippen molar-refractivity contribution in [1.82, 2.24) is 5.32 Å². The van der Waals surface area contributed by atoms with Gasteiger partial charge in [0.15, 0.2) is 0 Å². The summed E-state index contributed by atoms with van der Waals surface area (Å²) in [5.41, 5.74) is 2.35. The maximum atomic E-state index is 5.59. The van der Waals surface area contributed by atoms with Crippen LogP contribution in [0.3, 0.4) is 0 Å². The van der Waals surface area contributed by atoms with Gasteiger partial charge in [0.05, 0.1) is 18.7 Å². The van der Waals surface area contributed by atoms with Crippen LogP contribution in [0.15, 0.2) is 10.5 Å². The van der Waals surface area contributed by atoms with Crippen LogP contribution in [0.4, 0.5) is 0 Å². The van der Waals surface area contributed by atoms with E-state index in [0.717, 1.165) is 47.5 Å². The molecule has 4 heteroatoms. The van der Waals surface area contributed by atoms with Crippen LogP contribution < -0.4 is 14.8 Å². The summed E-state index contributed by atoms with van der Waals surface area (Å²) in [6, 6.07) is 2.13. The molecule has 2 rings (SSSR count). The Bertz CT molecular complexity index is 428. The Morgan fingerprint density at radius 1 is 1.22 bits per heavy atom. The fraction of sp³-hybridized carbons (Fsp3) is 0.571. The molecule has 0 saturated carbocycles. The second-order valence-corrected chi connectivity index (χ2v) is 5.46. The third-order valence-electron chi connectivity index (χ3n) is 3.65. The molecule has 18 heavy (non-hydrogen) atoms. The van der Waals surface area contributed by atoms with E-state index in [1.807, 2.05) is 6.92 Å². The highest BCUT2D eigenvalue weighted by Crippen LogP contribution is 2.43. The lowest BCUT2D eigenvalue weighted by atomic mass is 9.88. The summed E-state index contributed by atoms with van der Waals surface area (Å²) < 4.78 is 12.1. The molecule has 1 aromatic carbocycles. The highest BCUT2D eigenvalue weighted by Gasteiger charge is 2.23. The largest absolute Gasteiger partial charge is 0.496 e. The minimum Gasteiger partial charge on any atom is -0.496 e. The molecule has 1 fully saturated rings. The van der Waals surface area contributed by atoms with Gasteiger partial charge in [-0.2, -0.15) is 0 Å². The standard InChI is InChI=1S/C14H20BrNO2/c1-9-12(17-2)8-11(14(18-3)13(9)15)10-4-6-16-7-5-10/h8,10,16H,4-7H2,1-3H3. The van der Waals surface area contributed by atoms with Gasteiger partial charge in [-0.1, -0.05) is 0 Å². The Morgan fingerprint density at radius 2 is 1.89 bits per heavy atom. The van der Waals surface area contributed by atoms with Gasteiger partial charge in [-0.3, -0.25) is 0 Å². The number of halogens is 1. The van der Waals surface area contributed by atoms with E-state index in [0.29, 0.717) is 5.92 Å². The van der Waals surface area contributed by atoms with Crippen molar-refractivity contribution in [3.8, 4) is 11.5 Å². The Labute approximate surface area is 117 Å². The van der Waals surface area contributed by atoms with E-state index in [4.69, 9.17) is 9.47 Å². The fourth-order valence-corrected chi connectivity index (χ4v) is 3.16. The van der Waals surface area contributed by atoms with Crippen molar-refractivity contribution in [2.24, 2.45) is 0 Å². The van der Waals surface area contributed by atoms with Crippen LogP contribution in [0.5, 0.6) is 11.5 Å². The molecule has 1 saturated heterocycles. The zero-order valence-electron chi connectivity index (χ0n) is 11.2. The van der Waals surface area contributed by atoms with Crippen LogP contribution in [0, 0.1) is 6.92 Å². The van der Waals surface area contributed by atoms with E-state index < -0.39 is 0 Å². The number of benzene rings is 1. The van der Waals surface area contributed by atoms with Crippen LogP contribution in [-0.4, -0.2) is 27.3 Å². The van der Waals surface area contributed by atoms with E-state index >= 15 is 0 Å². The molecule has 3 nitrogen and oxygen atoms in total. The first-order chi connectivity index (χ1) is 8.69. The fourth-order valence-electron chi connectivity index (χ4n) is 2.58. The summed E-state index contributed by atoms with van der Waals surface area (Å²) in [7, 11) is 3.45. The summed E-state index contributed by atoms with van der Waals surface area (Å²) >= 11 is 3.63. The van der Waals surface area contributed by atoms with Crippen LogP contribution in [0.25, 0.3) is 0 Å². The predicted octanol–water partition coefficient (Wildman–Crippen LogP) is 3.24. The van der Waals surface area contributed by atoms with Gasteiger partial charge in [0.25, 0.3) is 0 Å². The molecule has 1 aliphatic heterocycles. The Balaban J connectivity index is 2.46. The van der Waals surface area contributed by atoms with Gasteiger partial charge in [-0.05, 0) is 60.8 Å². The van der Waals surface area contributed by atoms with Gasteiger partial charge in [0, 0.05) is 11.1 Å². The van der Waals surface area contributed by atoms with Gasteiger partial charge >= 0.3 is 0 Å². The van der Waals surface area contributed by atoms with Crippen molar-refractivity contribution in [3.05, 3.63) is 21.7 Å². The summed E-state index contributed by atoms with van der Waals surface area (Å²) in [4.78, 5) is 0. The number of hydrogen-bond donors (Lipinski definition) is 1. The molecule has 1 aliphatic rings. The molecule has 100 valence electrons. The minimum absolute atomic E-state index is 0.548. The lowest BCUT2D eigenvalue weighted by Crippen LogP contribution is -2.26. The Hall–Kier alpha value is -0.740. The molecule has 0 bridgehead atoms. The summed E-state index contributed by atoms with van der Waals surface area (Å²) in [5.74, 6) is 2.43. The Kier molecular flexibility index (Phi) is 4.51. The summed E-state index contributed by atoms with van der Waals surface area (Å²) in [5, 5.41) is 3.39. The minimum atomic E-state index is 0.548. The number of rotatable bonds is 3. The van der Waals surface area contributed by atoms with Gasteiger partial charge in [0.2, 0.25) is 0 Å².